The fourth-order valence-corrected chi connectivity index (χ4v) is 2.50. The number of benzene rings is 1. The van der Waals surface area contributed by atoms with Crippen LogP contribution in [0, 0.1) is 0 Å². The molecule has 6 heteroatoms. The van der Waals surface area contributed by atoms with Crippen LogP contribution in [-0.4, -0.2) is 34.6 Å². The van der Waals surface area contributed by atoms with Gasteiger partial charge in [-0.25, -0.2) is 9.97 Å². The van der Waals surface area contributed by atoms with Gasteiger partial charge >= 0.3 is 0 Å². The monoisotopic (exact) mass is 322 g/mol. The van der Waals surface area contributed by atoms with Crippen molar-refractivity contribution in [2.75, 3.05) is 30.3 Å². The zero-order chi connectivity index (χ0) is 16.6. The van der Waals surface area contributed by atoms with E-state index in [4.69, 9.17) is 5.73 Å². The highest BCUT2D eigenvalue weighted by atomic mass is 15.0. The topological polar surface area (TPSA) is 88.8 Å². The molecule has 0 saturated heterocycles. The lowest BCUT2D eigenvalue weighted by Crippen LogP contribution is -2.12. The molecule has 0 saturated carbocycles. The van der Waals surface area contributed by atoms with Crippen molar-refractivity contribution in [3.05, 3.63) is 54.6 Å². The quantitative estimate of drug-likeness (QED) is 0.552. The highest BCUT2D eigenvalue weighted by Crippen LogP contribution is 2.20. The van der Waals surface area contributed by atoms with Crippen molar-refractivity contribution in [2.45, 2.75) is 12.8 Å². The fourth-order valence-electron chi connectivity index (χ4n) is 2.50. The van der Waals surface area contributed by atoms with Crippen LogP contribution in [0.3, 0.4) is 0 Å². The van der Waals surface area contributed by atoms with Gasteiger partial charge in [0.05, 0.1) is 11.2 Å². The minimum Gasteiger partial charge on any atom is -0.384 e. The van der Waals surface area contributed by atoms with E-state index in [0.717, 1.165) is 47.7 Å². The molecule has 0 aliphatic rings. The SMILES string of the molecule is NCCc1nc(NCCCNc2cccnc2)c2ccccc2n1. The first kappa shape index (κ1) is 16.1. The van der Waals surface area contributed by atoms with E-state index in [0.29, 0.717) is 13.0 Å². The number of nitrogens with zero attached hydrogens (tertiary/aromatic N) is 3. The molecule has 0 spiro atoms. The standard InChI is InChI=1S/C18H22N6/c19-9-8-17-23-16-7-2-1-6-15(16)18(24-17)22-12-4-11-21-14-5-3-10-20-13-14/h1-3,5-7,10,13,21H,4,8-9,11-12,19H2,(H,22,23,24). The average molecular weight is 322 g/mol. The number of para-hydroxylation sites is 1. The molecule has 6 nitrogen and oxygen atoms in total. The van der Waals surface area contributed by atoms with Crippen molar-refractivity contribution in [1.29, 1.82) is 0 Å². The summed E-state index contributed by atoms with van der Waals surface area (Å²) < 4.78 is 0. The first-order valence-electron chi connectivity index (χ1n) is 8.20. The Hall–Kier alpha value is -2.73. The van der Waals surface area contributed by atoms with Gasteiger partial charge in [0.1, 0.15) is 11.6 Å². The number of aromatic nitrogens is 3. The van der Waals surface area contributed by atoms with Crippen LogP contribution in [0.1, 0.15) is 12.2 Å². The number of hydrogen-bond acceptors (Lipinski definition) is 6. The minimum atomic E-state index is 0.548. The molecule has 0 unspecified atom stereocenters. The normalized spacial score (nSPS) is 10.7. The number of pyridine rings is 1. The van der Waals surface area contributed by atoms with Crippen LogP contribution in [-0.2, 0) is 6.42 Å². The summed E-state index contributed by atoms with van der Waals surface area (Å²) in [6.45, 7) is 2.25. The molecule has 1 aromatic carbocycles. The van der Waals surface area contributed by atoms with Crippen LogP contribution < -0.4 is 16.4 Å². The molecule has 0 radical (unpaired) electrons. The van der Waals surface area contributed by atoms with Crippen molar-refractivity contribution < 1.29 is 0 Å². The van der Waals surface area contributed by atoms with Gasteiger partial charge in [-0.2, -0.15) is 0 Å². The molecule has 3 rings (SSSR count). The van der Waals surface area contributed by atoms with Crippen molar-refractivity contribution in [3.8, 4) is 0 Å². The van der Waals surface area contributed by atoms with Gasteiger partial charge in [-0.05, 0) is 37.2 Å². The number of nitrogens with one attached hydrogen (secondary N) is 2. The molecule has 2 heterocycles. The molecule has 24 heavy (non-hydrogen) atoms. The number of fused-ring (bicyclic) bond motifs is 1. The van der Waals surface area contributed by atoms with Gasteiger partial charge in [-0.3, -0.25) is 4.98 Å². The van der Waals surface area contributed by atoms with Crippen LogP contribution in [0.4, 0.5) is 11.5 Å². The summed E-state index contributed by atoms with van der Waals surface area (Å²) in [5, 5.41) is 7.81. The predicted molar refractivity (Wildman–Crippen MR) is 98.1 cm³/mol. The maximum absolute atomic E-state index is 5.64. The minimum absolute atomic E-state index is 0.548. The van der Waals surface area contributed by atoms with Gasteiger partial charge in [0.2, 0.25) is 0 Å². The molecule has 0 bridgehead atoms. The van der Waals surface area contributed by atoms with Crippen molar-refractivity contribution in [3.63, 3.8) is 0 Å². The van der Waals surface area contributed by atoms with Gasteiger partial charge in [0.15, 0.2) is 0 Å². The molecule has 2 aromatic heterocycles. The Kier molecular flexibility index (Phi) is 5.52. The summed E-state index contributed by atoms with van der Waals surface area (Å²) in [6.07, 6.45) is 5.25. The number of rotatable bonds is 8. The first-order chi connectivity index (χ1) is 11.9. The molecular formula is C18H22N6. The summed E-state index contributed by atoms with van der Waals surface area (Å²) in [5.74, 6) is 1.66. The van der Waals surface area contributed by atoms with Crippen LogP contribution in [0.15, 0.2) is 48.8 Å². The van der Waals surface area contributed by atoms with E-state index < -0.39 is 0 Å². The molecule has 0 amide bonds. The van der Waals surface area contributed by atoms with Crippen molar-refractivity contribution >= 4 is 22.4 Å². The molecular weight excluding hydrogens is 300 g/mol. The highest BCUT2D eigenvalue weighted by Gasteiger charge is 2.06. The maximum Gasteiger partial charge on any atom is 0.137 e. The second-order valence-electron chi connectivity index (χ2n) is 5.49. The molecule has 3 aromatic rings. The van der Waals surface area contributed by atoms with E-state index in [1.165, 1.54) is 0 Å². The Morgan fingerprint density at radius 3 is 2.67 bits per heavy atom. The molecule has 0 aliphatic carbocycles. The lowest BCUT2D eigenvalue weighted by Gasteiger charge is -2.11. The van der Waals surface area contributed by atoms with E-state index in [2.05, 4.69) is 25.6 Å². The zero-order valence-electron chi connectivity index (χ0n) is 13.6. The van der Waals surface area contributed by atoms with Gasteiger partial charge in [-0.15, -0.1) is 0 Å². The Labute approximate surface area is 141 Å². The molecule has 124 valence electrons. The summed E-state index contributed by atoms with van der Waals surface area (Å²) >= 11 is 0. The number of hydrogen-bond donors (Lipinski definition) is 3. The fraction of sp³-hybridized carbons (Fsp3) is 0.278. The van der Waals surface area contributed by atoms with Gasteiger partial charge in [0.25, 0.3) is 0 Å². The van der Waals surface area contributed by atoms with Crippen LogP contribution in [0.2, 0.25) is 0 Å². The Morgan fingerprint density at radius 1 is 0.958 bits per heavy atom. The van der Waals surface area contributed by atoms with Crippen LogP contribution in [0.5, 0.6) is 0 Å². The van der Waals surface area contributed by atoms with Crippen LogP contribution >= 0.6 is 0 Å². The number of nitrogens with two attached hydrogens (primary N) is 1. The third kappa shape index (κ3) is 4.17. The van der Waals surface area contributed by atoms with Gasteiger partial charge in [0, 0.05) is 37.3 Å². The Balaban J connectivity index is 1.59. The third-order valence-electron chi connectivity index (χ3n) is 3.65. The van der Waals surface area contributed by atoms with Gasteiger partial charge in [-0.1, -0.05) is 12.1 Å². The third-order valence-corrected chi connectivity index (χ3v) is 3.65. The van der Waals surface area contributed by atoms with E-state index in [-0.39, 0.29) is 0 Å². The molecule has 0 aliphatic heterocycles. The summed E-state index contributed by atoms with van der Waals surface area (Å²) in [6, 6.07) is 12.0. The largest absolute Gasteiger partial charge is 0.384 e. The van der Waals surface area contributed by atoms with E-state index in [1.54, 1.807) is 6.20 Å². The second kappa shape index (κ2) is 8.21. The molecule has 4 N–H and O–H groups in total. The highest BCUT2D eigenvalue weighted by molar-refractivity contribution is 5.88. The van der Waals surface area contributed by atoms with Gasteiger partial charge < -0.3 is 16.4 Å². The lowest BCUT2D eigenvalue weighted by molar-refractivity contribution is 0.867. The number of anilines is 2. The first-order valence-corrected chi connectivity index (χ1v) is 8.20. The van der Waals surface area contributed by atoms with Crippen LogP contribution in [0.25, 0.3) is 10.9 Å². The molecule has 0 atom stereocenters. The second-order valence-corrected chi connectivity index (χ2v) is 5.49. The van der Waals surface area contributed by atoms with E-state index in [1.807, 2.05) is 42.6 Å². The lowest BCUT2D eigenvalue weighted by atomic mass is 10.2. The summed E-state index contributed by atoms with van der Waals surface area (Å²) in [5.41, 5.74) is 7.62. The summed E-state index contributed by atoms with van der Waals surface area (Å²) in [4.78, 5) is 13.3. The van der Waals surface area contributed by atoms with Crippen molar-refractivity contribution in [2.24, 2.45) is 5.73 Å². The Morgan fingerprint density at radius 2 is 1.83 bits per heavy atom. The maximum atomic E-state index is 5.64. The molecule has 0 fully saturated rings. The van der Waals surface area contributed by atoms with Crippen molar-refractivity contribution in [1.82, 2.24) is 15.0 Å². The summed E-state index contributed by atoms with van der Waals surface area (Å²) in [7, 11) is 0. The Bertz CT molecular complexity index is 775. The van der Waals surface area contributed by atoms with E-state index >= 15 is 0 Å². The average Bonchev–Trinajstić information content (AvgIpc) is 2.62. The zero-order valence-corrected chi connectivity index (χ0v) is 13.6. The van der Waals surface area contributed by atoms with E-state index in [9.17, 15) is 0 Å². The smallest absolute Gasteiger partial charge is 0.137 e. The predicted octanol–water partition coefficient (Wildman–Crippen LogP) is 2.44.